The van der Waals surface area contributed by atoms with Gasteiger partial charge in [0.05, 0.1) is 12.5 Å². The fourth-order valence-electron chi connectivity index (χ4n) is 2.99. The molecule has 0 atom stereocenters. The lowest BCUT2D eigenvalue weighted by Gasteiger charge is -2.07. The number of hydrogen-bond donors (Lipinski definition) is 2. The molecule has 10 heteroatoms. The van der Waals surface area contributed by atoms with E-state index in [-0.39, 0.29) is 17.4 Å². The predicted molar refractivity (Wildman–Crippen MR) is 136 cm³/mol. The van der Waals surface area contributed by atoms with Crippen molar-refractivity contribution in [1.82, 2.24) is 5.43 Å². The van der Waals surface area contributed by atoms with Crippen LogP contribution in [0.4, 0.5) is 5.69 Å². The number of ether oxygens (including phenoxy) is 1. The molecule has 2 N–H and O–H groups in total. The Balaban J connectivity index is 1.37. The highest BCUT2D eigenvalue weighted by atomic mass is 35.5. The second kappa shape index (κ2) is 11.4. The van der Waals surface area contributed by atoms with Crippen LogP contribution < -0.4 is 15.5 Å². The summed E-state index contributed by atoms with van der Waals surface area (Å²) in [6, 6.07) is 20.4. The number of furan rings is 1. The van der Waals surface area contributed by atoms with Crippen LogP contribution in [0, 0.1) is 0 Å². The summed E-state index contributed by atoms with van der Waals surface area (Å²) >= 11 is 11.9. The van der Waals surface area contributed by atoms with Crippen molar-refractivity contribution in [2.24, 2.45) is 5.10 Å². The van der Waals surface area contributed by atoms with E-state index < -0.39 is 11.9 Å². The van der Waals surface area contributed by atoms with Crippen molar-refractivity contribution >= 4 is 52.9 Å². The molecule has 0 aliphatic heterocycles. The van der Waals surface area contributed by atoms with Crippen LogP contribution in [0.2, 0.25) is 10.0 Å². The largest absolute Gasteiger partial charge is 0.457 e. The minimum Gasteiger partial charge on any atom is -0.457 e. The van der Waals surface area contributed by atoms with Crippen molar-refractivity contribution in [3.05, 3.63) is 118 Å². The quantitative estimate of drug-likeness (QED) is 0.138. The highest BCUT2D eigenvalue weighted by Gasteiger charge is 2.14. The Morgan fingerprint density at radius 1 is 0.833 bits per heavy atom. The highest BCUT2D eigenvalue weighted by molar-refractivity contribution is 6.31. The van der Waals surface area contributed by atoms with Crippen molar-refractivity contribution in [2.75, 3.05) is 5.32 Å². The van der Waals surface area contributed by atoms with Gasteiger partial charge >= 0.3 is 5.97 Å². The molecule has 4 aromatic rings. The number of benzene rings is 3. The van der Waals surface area contributed by atoms with Gasteiger partial charge in [-0.25, -0.2) is 10.2 Å². The number of rotatable bonds is 7. The van der Waals surface area contributed by atoms with E-state index in [2.05, 4.69) is 15.8 Å². The maximum Gasteiger partial charge on any atom is 0.379 e. The van der Waals surface area contributed by atoms with Gasteiger partial charge < -0.3 is 14.5 Å². The molecular weight excluding hydrogens is 505 g/mol. The van der Waals surface area contributed by atoms with Crippen LogP contribution >= 0.6 is 23.2 Å². The Kier molecular flexibility index (Phi) is 7.79. The zero-order chi connectivity index (χ0) is 25.5. The first-order valence-electron chi connectivity index (χ1n) is 10.4. The van der Waals surface area contributed by atoms with Gasteiger partial charge in [0.25, 0.3) is 11.8 Å². The number of hydrazone groups is 1. The molecular formula is C26H17Cl2N3O5. The molecule has 0 bridgehead atoms. The Bertz CT molecular complexity index is 1420. The standard InChI is InChI=1S/C26H17Cl2N3O5/c27-19-7-3-16(4-8-19)24(32)30-21-10-5-17(6-11-21)25(33)31-29-15-18-14-20(28)9-12-22(18)36-26(34)23-2-1-13-35-23/h1-15H,(H,30,32)(H,31,33)/b29-15+. The number of hydrogen-bond acceptors (Lipinski definition) is 6. The summed E-state index contributed by atoms with van der Waals surface area (Å²) in [5.74, 6) is -1.27. The minimum absolute atomic E-state index is 0.0361. The number of anilines is 1. The maximum atomic E-state index is 12.5. The molecule has 0 saturated carbocycles. The van der Waals surface area contributed by atoms with Crippen LogP contribution in [-0.2, 0) is 0 Å². The molecule has 0 radical (unpaired) electrons. The van der Waals surface area contributed by atoms with Gasteiger partial charge in [-0.05, 0) is 78.9 Å². The van der Waals surface area contributed by atoms with E-state index in [9.17, 15) is 14.4 Å². The Morgan fingerprint density at radius 2 is 1.50 bits per heavy atom. The van der Waals surface area contributed by atoms with E-state index >= 15 is 0 Å². The van der Waals surface area contributed by atoms with Crippen LogP contribution in [0.15, 0.2) is 94.6 Å². The van der Waals surface area contributed by atoms with Gasteiger partial charge in [0.2, 0.25) is 5.76 Å². The molecule has 0 unspecified atom stereocenters. The first-order valence-corrected chi connectivity index (χ1v) is 11.2. The first kappa shape index (κ1) is 24.7. The zero-order valence-corrected chi connectivity index (χ0v) is 19.9. The molecule has 2 amide bonds. The van der Waals surface area contributed by atoms with Gasteiger partial charge in [0, 0.05) is 32.4 Å². The van der Waals surface area contributed by atoms with Crippen LogP contribution in [0.1, 0.15) is 36.8 Å². The van der Waals surface area contributed by atoms with Crippen LogP contribution in [0.3, 0.4) is 0 Å². The summed E-state index contributed by atoms with van der Waals surface area (Å²) in [5.41, 5.74) is 4.03. The van der Waals surface area contributed by atoms with Gasteiger partial charge in [-0.1, -0.05) is 23.2 Å². The van der Waals surface area contributed by atoms with Crippen molar-refractivity contribution in [3.63, 3.8) is 0 Å². The molecule has 1 aromatic heterocycles. The normalized spacial score (nSPS) is 10.7. The Morgan fingerprint density at radius 3 is 2.19 bits per heavy atom. The molecule has 3 aromatic carbocycles. The van der Waals surface area contributed by atoms with E-state index in [4.69, 9.17) is 32.4 Å². The molecule has 0 spiro atoms. The van der Waals surface area contributed by atoms with Crippen LogP contribution in [0.25, 0.3) is 0 Å². The van der Waals surface area contributed by atoms with Gasteiger partial charge in [0.15, 0.2) is 0 Å². The smallest absolute Gasteiger partial charge is 0.379 e. The number of halogens is 2. The van der Waals surface area contributed by atoms with E-state index in [1.807, 2.05) is 0 Å². The van der Waals surface area contributed by atoms with Crippen LogP contribution in [0.5, 0.6) is 5.75 Å². The average Bonchev–Trinajstić information content (AvgIpc) is 3.42. The number of carbonyl (C=O) groups excluding carboxylic acids is 3. The summed E-state index contributed by atoms with van der Waals surface area (Å²) in [6.07, 6.45) is 2.66. The lowest BCUT2D eigenvalue weighted by atomic mass is 10.1. The third kappa shape index (κ3) is 6.38. The van der Waals surface area contributed by atoms with E-state index in [1.165, 1.54) is 42.8 Å². The van der Waals surface area contributed by atoms with Gasteiger partial charge in [-0.3, -0.25) is 9.59 Å². The van der Waals surface area contributed by atoms with Crippen molar-refractivity contribution < 1.29 is 23.5 Å². The number of amides is 2. The van der Waals surface area contributed by atoms with Crippen molar-refractivity contribution in [2.45, 2.75) is 0 Å². The summed E-state index contributed by atoms with van der Waals surface area (Å²) < 4.78 is 10.4. The molecule has 0 fully saturated rings. The number of nitrogens with one attached hydrogen (secondary N) is 2. The minimum atomic E-state index is -0.691. The van der Waals surface area contributed by atoms with Gasteiger partial charge in [-0.2, -0.15) is 5.10 Å². The van der Waals surface area contributed by atoms with Gasteiger partial charge in [-0.15, -0.1) is 0 Å². The lowest BCUT2D eigenvalue weighted by Crippen LogP contribution is -2.18. The summed E-state index contributed by atoms with van der Waals surface area (Å²) in [7, 11) is 0. The average molecular weight is 522 g/mol. The second-order valence-corrected chi connectivity index (χ2v) is 8.16. The van der Waals surface area contributed by atoms with Crippen LogP contribution in [-0.4, -0.2) is 24.0 Å². The zero-order valence-electron chi connectivity index (χ0n) is 18.4. The molecule has 0 aliphatic carbocycles. The fourth-order valence-corrected chi connectivity index (χ4v) is 3.30. The molecule has 180 valence electrons. The molecule has 1 heterocycles. The third-order valence-electron chi connectivity index (χ3n) is 4.78. The van der Waals surface area contributed by atoms with Crippen molar-refractivity contribution in [3.8, 4) is 5.75 Å². The molecule has 0 saturated heterocycles. The number of nitrogens with zero attached hydrogens (tertiary/aromatic N) is 1. The Labute approximate surface area is 215 Å². The molecule has 8 nitrogen and oxygen atoms in total. The topological polar surface area (TPSA) is 110 Å². The summed E-state index contributed by atoms with van der Waals surface area (Å²) in [5, 5.41) is 7.59. The highest BCUT2D eigenvalue weighted by Crippen LogP contribution is 2.23. The van der Waals surface area contributed by atoms with E-state index in [1.54, 1.807) is 48.5 Å². The maximum absolute atomic E-state index is 12.5. The van der Waals surface area contributed by atoms with E-state index in [0.29, 0.717) is 32.4 Å². The fraction of sp³-hybridized carbons (Fsp3) is 0. The Hall–Kier alpha value is -4.40. The molecule has 0 aliphatic rings. The monoisotopic (exact) mass is 521 g/mol. The van der Waals surface area contributed by atoms with Gasteiger partial charge in [0.1, 0.15) is 5.75 Å². The summed E-state index contributed by atoms with van der Waals surface area (Å²) in [4.78, 5) is 36.9. The number of esters is 1. The number of carbonyl (C=O) groups is 3. The SMILES string of the molecule is O=C(N/N=C/c1cc(Cl)ccc1OC(=O)c1ccco1)c1ccc(NC(=O)c2ccc(Cl)cc2)cc1. The van der Waals surface area contributed by atoms with Crippen molar-refractivity contribution in [1.29, 1.82) is 0 Å². The van der Waals surface area contributed by atoms with E-state index in [0.717, 1.165) is 0 Å². The second-order valence-electron chi connectivity index (χ2n) is 7.29. The first-order chi connectivity index (χ1) is 17.4. The third-order valence-corrected chi connectivity index (χ3v) is 5.27. The molecule has 4 rings (SSSR count). The summed E-state index contributed by atoms with van der Waals surface area (Å²) in [6.45, 7) is 0. The predicted octanol–water partition coefficient (Wildman–Crippen LogP) is 5.82. The molecule has 36 heavy (non-hydrogen) atoms. The lowest BCUT2D eigenvalue weighted by molar-refractivity contribution is 0.0700.